The number of nitrogens with one attached hydrogen (secondary N) is 1. The van der Waals surface area contributed by atoms with Gasteiger partial charge in [0, 0.05) is 17.7 Å². The summed E-state index contributed by atoms with van der Waals surface area (Å²) in [5.74, 6) is 0.789. The normalized spacial score (nSPS) is 9.96. The summed E-state index contributed by atoms with van der Waals surface area (Å²) < 4.78 is 1.73. The van der Waals surface area contributed by atoms with Gasteiger partial charge in [0.25, 0.3) is 0 Å². The summed E-state index contributed by atoms with van der Waals surface area (Å²) in [6, 6.07) is 10.8. The number of aromatic nitrogens is 4. The lowest BCUT2D eigenvalue weighted by Gasteiger charge is -2.11. The highest BCUT2D eigenvalue weighted by Gasteiger charge is 2.16. The molecule has 2 aromatic heterocycles. The average molecular weight is 360 g/mol. The standard InChI is InChI=1S/C17H12N8S/c1-3-15-22-23-17-25(15)24-16(26-17)12-5-4-6-13(10(12)2)21-14(9-20)11(7-18)8-19/h4-6,21H,3H2,1-2H3. The molecule has 126 valence electrons. The number of anilines is 1. The molecule has 0 aliphatic heterocycles. The molecule has 26 heavy (non-hydrogen) atoms. The van der Waals surface area contributed by atoms with E-state index in [0.717, 1.165) is 28.4 Å². The Kier molecular flexibility index (Phi) is 4.62. The second-order valence-corrected chi connectivity index (χ2v) is 6.22. The first-order valence-corrected chi connectivity index (χ1v) is 8.47. The van der Waals surface area contributed by atoms with Gasteiger partial charge in [-0.05, 0) is 18.6 Å². The number of benzene rings is 1. The lowest BCUT2D eigenvalue weighted by molar-refractivity contribution is 0.837. The van der Waals surface area contributed by atoms with Crippen LogP contribution in [0.15, 0.2) is 29.5 Å². The number of hydrogen-bond acceptors (Lipinski definition) is 8. The second-order valence-electron chi connectivity index (χ2n) is 5.26. The van der Waals surface area contributed by atoms with E-state index in [4.69, 9.17) is 10.5 Å². The monoisotopic (exact) mass is 360 g/mol. The fourth-order valence-electron chi connectivity index (χ4n) is 2.41. The molecule has 3 rings (SSSR count). The summed E-state index contributed by atoms with van der Waals surface area (Å²) in [4.78, 5) is 0.712. The number of fused-ring (bicyclic) bond motifs is 1. The van der Waals surface area contributed by atoms with Crippen LogP contribution in [0.2, 0.25) is 0 Å². The van der Waals surface area contributed by atoms with E-state index in [2.05, 4.69) is 20.6 Å². The molecule has 0 atom stereocenters. The minimum atomic E-state index is -0.260. The molecule has 1 N–H and O–H groups in total. The molecule has 0 saturated carbocycles. The predicted molar refractivity (Wildman–Crippen MR) is 95.7 cm³/mol. The summed E-state index contributed by atoms with van der Waals surface area (Å²) in [5.41, 5.74) is 2.01. The Hall–Kier alpha value is -3.74. The molecular formula is C17H12N8S. The molecule has 0 aliphatic carbocycles. The third-order valence-corrected chi connectivity index (χ3v) is 4.71. The Morgan fingerprint density at radius 2 is 1.96 bits per heavy atom. The molecule has 3 aromatic rings. The van der Waals surface area contributed by atoms with E-state index in [1.54, 1.807) is 22.7 Å². The smallest absolute Gasteiger partial charge is 0.234 e. The Labute approximate surface area is 153 Å². The van der Waals surface area contributed by atoms with Crippen LogP contribution in [0.5, 0.6) is 0 Å². The SMILES string of the molecule is CCc1nnc2sc(-c3cccc(NC(C#N)=C(C#N)C#N)c3C)nn12. The van der Waals surface area contributed by atoms with Gasteiger partial charge in [-0.2, -0.15) is 25.4 Å². The number of aryl methyl sites for hydroxylation is 1. The highest BCUT2D eigenvalue weighted by molar-refractivity contribution is 7.19. The molecule has 0 spiro atoms. The zero-order valence-electron chi connectivity index (χ0n) is 14.0. The van der Waals surface area contributed by atoms with Crippen LogP contribution in [-0.2, 0) is 6.42 Å². The summed E-state index contributed by atoms with van der Waals surface area (Å²) in [6.45, 7) is 3.87. The summed E-state index contributed by atoms with van der Waals surface area (Å²) in [6.07, 6.45) is 0.729. The minimum absolute atomic E-state index is 0.0818. The van der Waals surface area contributed by atoms with Gasteiger partial charge in [0.1, 0.15) is 28.9 Å². The molecule has 8 nitrogen and oxygen atoms in total. The van der Waals surface area contributed by atoms with E-state index >= 15 is 0 Å². The van der Waals surface area contributed by atoms with Crippen LogP contribution in [0, 0.1) is 40.9 Å². The van der Waals surface area contributed by atoms with Crippen molar-refractivity contribution in [2.24, 2.45) is 0 Å². The Balaban J connectivity index is 2.06. The van der Waals surface area contributed by atoms with Crippen molar-refractivity contribution in [1.82, 2.24) is 19.8 Å². The first-order valence-electron chi connectivity index (χ1n) is 7.65. The van der Waals surface area contributed by atoms with Crippen LogP contribution in [0.1, 0.15) is 18.3 Å². The van der Waals surface area contributed by atoms with Crippen LogP contribution >= 0.6 is 11.3 Å². The molecule has 0 aliphatic rings. The maximum atomic E-state index is 9.22. The average Bonchev–Trinajstić information content (AvgIpc) is 3.23. The van der Waals surface area contributed by atoms with Crippen LogP contribution in [0.4, 0.5) is 5.69 Å². The van der Waals surface area contributed by atoms with Crippen molar-refractivity contribution in [2.45, 2.75) is 20.3 Å². The van der Waals surface area contributed by atoms with Gasteiger partial charge in [0.2, 0.25) is 4.96 Å². The van der Waals surface area contributed by atoms with Gasteiger partial charge in [-0.1, -0.05) is 30.4 Å². The van der Waals surface area contributed by atoms with Gasteiger partial charge in [0.05, 0.1) is 0 Å². The molecule has 0 unspecified atom stereocenters. The van der Waals surface area contributed by atoms with Crippen molar-refractivity contribution < 1.29 is 0 Å². The maximum absolute atomic E-state index is 9.22. The van der Waals surface area contributed by atoms with Crippen molar-refractivity contribution in [2.75, 3.05) is 5.32 Å². The minimum Gasteiger partial charge on any atom is -0.345 e. The third-order valence-electron chi connectivity index (χ3n) is 3.78. The summed E-state index contributed by atoms with van der Waals surface area (Å²) in [5, 5.41) is 43.6. The predicted octanol–water partition coefficient (Wildman–Crippen LogP) is 2.96. The fraction of sp³-hybridized carbons (Fsp3) is 0.176. The largest absolute Gasteiger partial charge is 0.345 e. The summed E-state index contributed by atoms with van der Waals surface area (Å²) in [7, 11) is 0. The van der Waals surface area contributed by atoms with Crippen LogP contribution in [0.3, 0.4) is 0 Å². The van der Waals surface area contributed by atoms with Crippen LogP contribution < -0.4 is 5.32 Å². The lowest BCUT2D eigenvalue weighted by Crippen LogP contribution is -2.03. The molecule has 0 bridgehead atoms. The van der Waals surface area contributed by atoms with Crippen molar-refractivity contribution in [3.63, 3.8) is 0 Å². The molecule has 0 saturated heterocycles. The van der Waals surface area contributed by atoms with Crippen molar-refractivity contribution in [1.29, 1.82) is 15.8 Å². The highest BCUT2D eigenvalue weighted by atomic mass is 32.1. The second kappa shape index (κ2) is 7.02. The lowest BCUT2D eigenvalue weighted by atomic mass is 10.1. The first-order chi connectivity index (χ1) is 12.6. The van der Waals surface area contributed by atoms with E-state index in [9.17, 15) is 5.26 Å². The van der Waals surface area contributed by atoms with Gasteiger partial charge in [-0.3, -0.25) is 0 Å². The maximum Gasteiger partial charge on any atom is 0.234 e. The third kappa shape index (κ3) is 2.86. The molecule has 1 aromatic carbocycles. The van der Waals surface area contributed by atoms with Gasteiger partial charge < -0.3 is 5.32 Å². The molecule has 2 heterocycles. The van der Waals surface area contributed by atoms with E-state index in [0.29, 0.717) is 10.6 Å². The fourth-order valence-corrected chi connectivity index (χ4v) is 3.35. The van der Waals surface area contributed by atoms with Crippen molar-refractivity contribution in [3.8, 4) is 28.8 Å². The number of allylic oxidation sites excluding steroid dienone is 2. The quantitative estimate of drug-likeness (QED) is 0.709. The number of nitriles is 3. The highest BCUT2D eigenvalue weighted by Crippen LogP contribution is 2.32. The van der Waals surface area contributed by atoms with Crippen molar-refractivity contribution in [3.05, 3.63) is 40.9 Å². The Bertz CT molecular complexity index is 1130. The van der Waals surface area contributed by atoms with Gasteiger partial charge in [-0.15, -0.1) is 10.2 Å². The molecule has 0 fully saturated rings. The Morgan fingerprint density at radius 1 is 1.19 bits per heavy atom. The van der Waals surface area contributed by atoms with Crippen LogP contribution in [-0.4, -0.2) is 19.8 Å². The topological polar surface area (TPSA) is 126 Å². The van der Waals surface area contributed by atoms with E-state index in [1.807, 2.05) is 32.0 Å². The molecule has 0 radical (unpaired) electrons. The first kappa shape index (κ1) is 17.1. The van der Waals surface area contributed by atoms with E-state index in [1.165, 1.54) is 11.3 Å². The summed E-state index contributed by atoms with van der Waals surface area (Å²) >= 11 is 1.42. The van der Waals surface area contributed by atoms with Crippen LogP contribution in [0.25, 0.3) is 15.5 Å². The number of nitrogens with zero attached hydrogens (tertiary/aromatic N) is 7. The van der Waals surface area contributed by atoms with Gasteiger partial charge >= 0.3 is 0 Å². The van der Waals surface area contributed by atoms with E-state index in [-0.39, 0.29) is 11.3 Å². The zero-order chi connectivity index (χ0) is 18.7. The molecule has 0 amide bonds. The number of hydrogen-bond donors (Lipinski definition) is 1. The Morgan fingerprint density at radius 3 is 2.62 bits per heavy atom. The molecular weight excluding hydrogens is 348 g/mol. The van der Waals surface area contributed by atoms with Gasteiger partial charge in [-0.25, -0.2) is 0 Å². The van der Waals surface area contributed by atoms with Crippen molar-refractivity contribution >= 4 is 22.0 Å². The molecule has 9 heteroatoms. The van der Waals surface area contributed by atoms with E-state index < -0.39 is 0 Å². The van der Waals surface area contributed by atoms with Gasteiger partial charge in [0.15, 0.2) is 11.4 Å². The zero-order valence-corrected chi connectivity index (χ0v) is 14.8. The number of rotatable bonds is 4.